The molecule has 2 aromatic rings. The highest BCUT2D eigenvalue weighted by atomic mass is 79.9. The zero-order valence-electron chi connectivity index (χ0n) is 26.0. The summed E-state index contributed by atoms with van der Waals surface area (Å²) in [5.74, 6) is -0.752. The fourth-order valence-electron chi connectivity index (χ4n) is 5.70. The van der Waals surface area contributed by atoms with Crippen LogP contribution in [0.1, 0.15) is 65.4 Å². The number of para-hydroxylation sites is 1. The van der Waals surface area contributed by atoms with Crippen LogP contribution in [-0.2, 0) is 25.5 Å². The first kappa shape index (κ1) is 34.8. The van der Waals surface area contributed by atoms with E-state index in [9.17, 15) is 19.2 Å². The van der Waals surface area contributed by atoms with E-state index in [1.165, 1.54) is 7.11 Å². The number of rotatable bonds is 13. The number of ether oxygens (including phenoxy) is 1. The number of carbonyl (C=O) groups excluding carboxylic acids is 4. The van der Waals surface area contributed by atoms with E-state index in [2.05, 4.69) is 36.9 Å². The van der Waals surface area contributed by atoms with Crippen LogP contribution in [0.15, 0.2) is 28.9 Å². The molecule has 0 bridgehead atoms. The van der Waals surface area contributed by atoms with Crippen molar-refractivity contribution in [3.8, 4) is 0 Å². The van der Waals surface area contributed by atoms with E-state index in [0.717, 1.165) is 35.7 Å². The minimum absolute atomic E-state index is 0.0702. The first-order chi connectivity index (χ1) is 20.5. The van der Waals surface area contributed by atoms with Gasteiger partial charge in [0.1, 0.15) is 18.1 Å². The topological polar surface area (TPSA) is 133 Å². The fourth-order valence-corrected chi connectivity index (χ4v) is 6.76. The molecular formula is C31H46BrN5O5S. The first-order valence-corrected chi connectivity index (χ1v) is 17.2. The van der Waals surface area contributed by atoms with Crippen molar-refractivity contribution in [3.05, 3.63) is 34.4 Å². The summed E-state index contributed by atoms with van der Waals surface area (Å²) in [7, 11) is 1.28. The van der Waals surface area contributed by atoms with Crippen LogP contribution in [0, 0.1) is 5.92 Å². The number of methoxy groups -OCH3 is 1. The molecule has 1 saturated heterocycles. The number of H-pyrrole nitrogens is 1. The minimum Gasteiger partial charge on any atom is -0.467 e. The second-order valence-corrected chi connectivity index (χ2v) is 13.5. The standard InChI is InChI=1S/C31H46BrN5O5S/c1-18(2)16-25(36-31(41)37-19(3)10-9-11-20(37)4)28(38)35-26(29(39)34-24(14-15-43-6)30(40)42-5)17-22-21-12-7-8-13-23(21)33-27(22)32/h7-8,12-13,18-20,24-26,33H,9-11,14-17H2,1-6H3,(H,34,39)(H,35,38)(H,36,41)/t19-,20+,24-,25+,26-/m1/s1. The number of aromatic nitrogens is 1. The molecule has 2 heterocycles. The predicted octanol–water partition coefficient (Wildman–Crippen LogP) is 4.76. The number of hydrogen-bond donors (Lipinski definition) is 4. The average Bonchev–Trinajstić information content (AvgIpc) is 3.28. The summed E-state index contributed by atoms with van der Waals surface area (Å²) in [6.45, 7) is 8.03. The summed E-state index contributed by atoms with van der Waals surface area (Å²) in [5, 5.41) is 9.61. The monoisotopic (exact) mass is 679 g/mol. The van der Waals surface area contributed by atoms with Crippen molar-refractivity contribution in [2.75, 3.05) is 19.1 Å². The Kier molecular flexibility index (Phi) is 13.2. The fraction of sp³-hybridized carbons (Fsp3) is 0.613. The number of amides is 4. The van der Waals surface area contributed by atoms with Gasteiger partial charge in [0.05, 0.1) is 11.7 Å². The number of nitrogens with zero attached hydrogens (tertiary/aromatic N) is 1. The molecule has 1 fully saturated rings. The second kappa shape index (κ2) is 16.4. The molecule has 43 heavy (non-hydrogen) atoms. The maximum absolute atomic E-state index is 13.9. The Labute approximate surface area is 267 Å². The molecule has 238 valence electrons. The summed E-state index contributed by atoms with van der Waals surface area (Å²) in [5.41, 5.74) is 1.70. The number of carbonyl (C=O) groups is 4. The van der Waals surface area contributed by atoms with Crippen molar-refractivity contribution >= 4 is 62.4 Å². The van der Waals surface area contributed by atoms with E-state index in [-0.39, 0.29) is 30.5 Å². The molecule has 4 N–H and O–H groups in total. The Hall–Kier alpha value is -2.73. The summed E-state index contributed by atoms with van der Waals surface area (Å²) >= 11 is 5.14. The molecule has 0 radical (unpaired) electrons. The van der Waals surface area contributed by atoms with Crippen molar-refractivity contribution in [3.63, 3.8) is 0 Å². The SMILES string of the molecule is COC(=O)[C@@H](CCSC)NC(=O)[C@@H](Cc1c(Br)[nH]c2ccccc12)NC(=O)[C@H](CC(C)C)NC(=O)N1[C@H](C)CCC[C@@H]1C. The Balaban J connectivity index is 1.89. The van der Waals surface area contributed by atoms with E-state index in [0.29, 0.717) is 23.2 Å². The van der Waals surface area contributed by atoms with Crippen molar-refractivity contribution in [2.24, 2.45) is 5.92 Å². The van der Waals surface area contributed by atoms with Crippen LogP contribution in [-0.4, -0.2) is 83.0 Å². The molecule has 1 aliphatic rings. The number of halogens is 1. The molecule has 0 unspecified atom stereocenters. The van der Waals surface area contributed by atoms with Crippen molar-refractivity contribution < 1.29 is 23.9 Å². The molecule has 5 atom stereocenters. The molecule has 3 rings (SSSR count). The first-order valence-electron chi connectivity index (χ1n) is 15.0. The Bertz CT molecular complexity index is 1260. The number of nitrogens with one attached hydrogen (secondary N) is 4. The van der Waals surface area contributed by atoms with Gasteiger partial charge in [-0.15, -0.1) is 0 Å². The van der Waals surface area contributed by atoms with Crippen LogP contribution in [0.25, 0.3) is 10.9 Å². The van der Waals surface area contributed by atoms with E-state index >= 15 is 0 Å². The molecule has 10 nitrogen and oxygen atoms in total. The largest absolute Gasteiger partial charge is 0.467 e. The summed E-state index contributed by atoms with van der Waals surface area (Å²) in [6, 6.07) is 4.84. The molecule has 0 aliphatic carbocycles. The maximum Gasteiger partial charge on any atom is 0.328 e. The van der Waals surface area contributed by atoms with Crippen molar-refractivity contribution in [1.29, 1.82) is 0 Å². The summed E-state index contributed by atoms with van der Waals surface area (Å²) in [6.07, 6.45) is 5.75. The molecule has 1 aromatic heterocycles. The number of fused-ring (bicyclic) bond motifs is 1. The van der Waals surface area contributed by atoms with Gasteiger partial charge in [-0.2, -0.15) is 11.8 Å². The highest BCUT2D eigenvalue weighted by Crippen LogP contribution is 2.28. The smallest absolute Gasteiger partial charge is 0.328 e. The van der Waals surface area contributed by atoms with Gasteiger partial charge in [-0.25, -0.2) is 9.59 Å². The van der Waals surface area contributed by atoms with Gasteiger partial charge in [-0.3, -0.25) is 9.59 Å². The number of urea groups is 1. The van der Waals surface area contributed by atoms with Crippen LogP contribution in [0.5, 0.6) is 0 Å². The molecule has 4 amide bonds. The number of hydrogen-bond acceptors (Lipinski definition) is 6. The van der Waals surface area contributed by atoms with Crippen LogP contribution in [0.3, 0.4) is 0 Å². The van der Waals surface area contributed by atoms with Gasteiger partial charge < -0.3 is 30.6 Å². The lowest BCUT2D eigenvalue weighted by atomic mass is 9.97. The van der Waals surface area contributed by atoms with Gasteiger partial charge in [-0.05, 0) is 91.4 Å². The highest BCUT2D eigenvalue weighted by molar-refractivity contribution is 9.10. The highest BCUT2D eigenvalue weighted by Gasteiger charge is 2.34. The van der Waals surface area contributed by atoms with Gasteiger partial charge in [0.25, 0.3) is 0 Å². The molecule has 1 aromatic carbocycles. The summed E-state index contributed by atoms with van der Waals surface area (Å²) in [4.78, 5) is 58.7. The van der Waals surface area contributed by atoms with Crippen molar-refractivity contribution in [1.82, 2.24) is 25.8 Å². The quantitative estimate of drug-likeness (QED) is 0.226. The molecule has 0 saturated carbocycles. The van der Waals surface area contributed by atoms with Gasteiger partial charge in [-0.1, -0.05) is 32.0 Å². The number of esters is 1. The average molecular weight is 681 g/mol. The minimum atomic E-state index is -1.02. The Morgan fingerprint density at radius 1 is 1.02 bits per heavy atom. The number of likely N-dealkylation sites (tertiary alicyclic amines) is 1. The van der Waals surface area contributed by atoms with E-state index < -0.39 is 35.9 Å². The van der Waals surface area contributed by atoms with E-state index in [4.69, 9.17) is 4.74 Å². The zero-order chi connectivity index (χ0) is 31.7. The van der Waals surface area contributed by atoms with E-state index in [1.54, 1.807) is 11.8 Å². The van der Waals surface area contributed by atoms with Gasteiger partial charge in [0.2, 0.25) is 11.8 Å². The maximum atomic E-state index is 13.9. The predicted molar refractivity (Wildman–Crippen MR) is 175 cm³/mol. The van der Waals surface area contributed by atoms with Crippen LogP contribution < -0.4 is 16.0 Å². The zero-order valence-corrected chi connectivity index (χ0v) is 28.4. The van der Waals surface area contributed by atoms with Crippen molar-refractivity contribution in [2.45, 2.75) is 96.4 Å². The normalized spacial score (nSPS) is 19.0. The molecular weight excluding hydrogens is 634 g/mol. The van der Waals surface area contributed by atoms with Crippen LogP contribution in [0.4, 0.5) is 4.79 Å². The second-order valence-electron chi connectivity index (χ2n) is 11.8. The Morgan fingerprint density at radius 2 is 1.65 bits per heavy atom. The number of aromatic amines is 1. The lowest BCUT2D eigenvalue weighted by molar-refractivity contribution is -0.145. The third-order valence-corrected chi connectivity index (χ3v) is 9.29. The molecule has 0 spiro atoms. The third-order valence-electron chi connectivity index (χ3n) is 7.96. The summed E-state index contributed by atoms with van der Waals surface area (Å²) < 4.78 is 5.64. The van der Waals surface area contributed by atoms with Crippen LogP contribution >= 0.6 is 27.7 Å². The van der Waals surface area contributed by atoms with Gasteiger partial charge >= 0.3 is 12.0 Å². The van der Waals surface area contributed by atoms with Gasteiger partial charge in [0.15, 0.2) is 0 Å². The lowest BCUT2D eigenvalue weighted by Crippen LogP contribution is -2.59. The molecule has 1 aliphatic heterocycles. The lowest BCUT2D eigenvalue weighted by Gasteiger charge is -2.39. The third kappa shape index (κ3) is 9.38. The number of piperidine rings is 1. The Morgan fingerprint density at radius 3 is 2.28 bits per heavy atom. The van der Waals surface area contributed by atoms with Crippen LogP contribution in [0.2, 0.25) is 0 Å². The molecule has 12 heteroatoms. The van der Waals surface area contributed by atoms with Gasteiger partial charge in [0, 0.05) is 29.4 Å². The van der Waals surface area contributed by atoms with E-state index in [1.807, 2.05) is 63.1 Å². The number of thioether (sulfide) groups is 1. The number of benzene rings is 1.